The van der Waals surface area contributed by atoms with Crippen molar-refractivity contribution in [1.29, 1.82) is 0 Å². The summed E-state index contributed by atoms with van der Waals surface area (Å²) in [4.78, 5) is 16.4. The Hall–Kier alpha value is -3.04. The lowest BCUT2D eigenvalue weighted by Crippen LogP contribution is -2.39. The van der Waals surface area contributed by atoms with Crippen LogP contribution in [0.2, 0.25) is 0 Å². The number of carbonyl (C=O) groups excluding carboxylic acids is 1. The van der Waals surface area contributed by atoms with E-state index in [4.69, 9.17) is 0 Å². The van der Waals surface area contributed by atoms with Crippen molar-refractivity contribution in [3.63, 3.8) is 0 Å². The molecule has 0 fully saturated rings. The average Bonchev–Trinajstić information content (AvgIpc) is 3.26. The van der Waals surface area contributed by atoms with Crippen LogP contribution in [0.15, 0.2) is 18.9 Å². The topological polar surface area (TPSA) is 130 Å². The fourth-order valence-corrected chi connectivity index (χ4v) is 2.56. The molecular formula is C12H13N9O. The summed E-state index contributed by atoms with van der Waals surface area (Å²) in [6.45, 7) is 0. The molecule has 0 saturated heterocycles. The molecule has 10 nitrogen and oxygen atoms in total. The Kier molecular flexibility index (Phi) is 2.92. The molecule has 1 amide bonds. The van der Waals surface area contributed by atoms with Gasteiger partial charge in [-0.3, -0.25) is 19.6 Å². The van der Waals surface area contributed by atoms with E-state index in [9.17, 15) is 4.79 Å². The quantitative estimate of drug-likeness (QED) is 0.592. The molecule has 112 valence electrons. The molecule has 0 radical (unpaired) electrons. The highest BCUT2D eigenvalue weighted by atomic mass is 16.2. The van der Waals surface area contributed by atoms with Crippen LogP contribution in [0.4, 0.5) is 0 Å². The van der Waals surface area contributed by atoms with E-state index < -0.39 is 0 Å². The first-order valence-corrected chi connectivity index (χ1v) is 6.89. The van der Waals surface area contributed by atoms with E-state index in [2.05, 4.69) is 40.9 Å². The molecule has 1 unspecified atom stereocenters. The second-order valence-corrected chi connectivity index (χ2v) is 5.14. The van der Waals surface area contributed by atoms with E-state index in [1.165, 1.54) is 22.8 Å². The van der Waals surface area contributed by atoms with Crippen molar-refractivity contribution in [3.8, 4) is 5.95 Å². The summed E-state index contributed by atoms with van der Waals surface area (Å²) < 4.78 is 1.52. The Morgan fingerprint density at radius 2 is 2.18 bits per heavy atom. The molecule has 0 saturated carbocycles. The predicted octanol–water partition coefficient (Wildman–Crippen LogP) is -0.604. The number of nitrogens with one attached hydrogen (secondary N) is 3. The van der Waals surface area contributed by atoms with Gasteiger partial charge < -0.3 is 5.32 Å². The second-order valence-electron chi connectivity index (χ2n) is 5.14. The van der Waals surface area contributed by atoms with Gasteiger partial charge in [0.1, 0.15) is 12.7 Å². The minimum atomic E-state index is -0.278. The van der Waals surface area contributed by atoms with Gasteiger partial charge in [0.05, 0.1) is 6.20 Å². The van der Waals surface area contributed by atoms with Crippen molar-refractivity contribution < 1.29 is 4.79 Å². The third-order valence-electron chi connectivity index (χ3n) is 3.69. The van der Waals surface area contributed by atoms with Crippen LogP contribution in [0.3, 0.4) is 0 Å². The first-order valence-electron chi connectivity index (χ1n) is 6.89. The SMILES string of the molecule is O=C(NC1CCc2cn[nH]c2C1)c1nc(-n2cnnc2)n[nH]1. The summed E-state index contributed by atoms with van der Waals surface area (Å²) in [6.07, 6.45) is 7.30. The van der Waals surface area contributed by atoms with Gasteiger partial charge in [0, 0.05) is 18.2 Å². The Bertz CT molecular complexity index is 787. The number of aryl methyl sites for hydroxylation is 1. The van der Waals surface area contributed by atoms with E-state index in [-0.39, 0.29) is 17.8 Å². The van der Waals surface area contributed by atoms with Crippen molar-refractivity contribution in [1.82, 2.24) is 45.5 Å². The van der Waals surface area contributed by atoms with Crippen molar-refractivity contribution in [2.45, 2.75) is 25.3 Å². The fraction of sp³-hybridized carbons (Fsp3) is 0.333. The standard InChI is InChI=1S/C12H13N9O/c22-11(10-17-12(20-19-10)21-5-14-15-6-21)16-8-2-1-7-4-13-18-9(7)3-8/h4-6,8H,1-3H2,(H,13,18)(H,16,22)(H,17,19,20). The van der Waals surface area contributed by atoms with Crippen LogP contribution in [0.25, 0.3) is 5.95 Å². The van der Waals surface area contributed by atoms with E-state index in [1.807, 2.05) is 6.20 Å². The highest BCUT2D eigenvalue weighted by molar-refractivity contribution is 5.90. The van der Waals surface area contributed by atoms with Crippen molar-refractivity contribution in [2.75, 3.05) is 0 Å². The molecule has 0 bridgehead atoms. The Balaban J connectivity index is 1.45. The molecule has 3 N–H and O–H groups in total. The number of nitrogens with zero attached hydrogens (tertiary/aromatic N) is 6. The summed E-state index contributed by atoms with van der Waals surface area (Å²) in [7, 11) is 0. The first-order chi connectivity index (χ1) is 10.8. The summed E-state index contributed by atoms with van der Waals surface area (Å²) >= 11 is 0. The monoisotopic (exact) mass is 299 g/mol. The molecular weight excluding hydrogens is 286 g/mol. The minimum absolute atomic E-state index is 0.0592. The number of aromatic amines is 2. The summed E-state index contributed by atoms with van der Waals surface area (Å²) in [5, 5.41) is 23.9. The third kappa shape index (κ3) is 2.24. The zero-order chi connectivity index (χ0) is 14.9. The fourth-order valence-electron chi connectivity index (χ4n) is 2.56. The largest absolute Gasteiger partial charge is 0.346 e. The molecule has 0 aliphatic heterocycles. The molecule has 1 aliphatic carbocycles. The molecule has 3 heterocycles. The molecule has 4 rings (SSSR count). The average molecular weight is 299 g/mol. The van der Waals surface area contributed by atoms with Crippen LogP contribution in [-0.4, -0.2) is 52.1 Å². The van der Waals surface area contributed by atoms with E-state index in [1.54, 1.807) is 0 Å². The van der Waals surface area contributed by atoms with E-state index in [0.717, 1.165) is 25.0 Å². The Labute approximate surface area is 124 Å². The Morgan fingerprint density at radius 3 is 3.05 bits per heavy atom. The zero-order valence-corrected chi connectivity index (χ0v) is 11.5. The lowest BCUT2D eigenvalue weighted by molar-refractivity contribution is 0.0923. The number of H-pyrrole nitrogens is 2. The zero-order valence-electron chi connectivity index (χ0n) is 11.5. The van der Waals surface area contributed by atoms with Gasteiger partial charge in [0.25, 0.3) is 11.9 Å². The van der Waals surface area contributed by atoms with Gasteiger partial charge >= 0.3 is 0 Å². The van der Waals surface area contributed by atoms with Crippen LogP contribution in [0.5, 0.6) is 0 Å². The van der Waals surface area contributed by atoms with Gasteiger partial charge in [-0.05, 0) is 18.4 Å². The van der Waals surface area contributed by atoms with E-state index in [0.29, 0.717) is 5.95 Å². The maximum absolute atomic E-state index is 12.2. The molecule has 3 aromatic rings. The lowest BCUT2D eigenvalue weighted by Gasteiger charge is -2.22. The van der Waals surface area contributed by atoms with Crippen molar-refractivity contribution >= 4 is 5.91 Å². The highest BCUT2D eigenvalue weighted by Gasteiger charge is 2.23. The van der Waals surface area contributed by atoms with Crippen LogP contribution in [-0.2, 0) is 12.8 Å². The number of rotatable bonds is 3. The summed E-state index contributed by atoms with van der Waals surface area (Å²) in [6, 6.07) is 0.0592. The number of hydrogen-bond acceptors (Lipinski definition) is 6. The Morgan fingerprint density at radius 1 is 1.32 bits per heavy atom. The maximum Gasteiger partial charge on any atom is 0.288 e. The van der Waals surface area contributed by atoms with Crippen LogP contribution >= 0.6 is 0 Å². The van der Waals surface area contributed by atoms with Gasteiger partial charge in [-0.25, -0.2) is 0 Å². The van der Waals surface area contributed by atoms with Crippen LogP contribution < -0.4 is 5.32 Å². The summed E-state index contributed by atoms with van der Waals surface area (Å²) in [5.41, 5.74) is 2.30. The van der Waals surface area contributed by atoms with Crippen molar-refractivity contribution in [2.24, 2.45) is 0 Å². The van der Waals surface area contributed by atoms with Gasteiger partial charge in [-0.1, -0.05) is 0 Å². The van der Waals surface area contributed by atoms with Gasteiger partial charge in [0.2, 0.25) is 5.82 Å². The molecule has 10 heteroatoms. The molecule has 1 atom stereocenters. The van der Waals surface area contributed by atoms with Gasteiger partial charge in [-0.15, -0.1) is 15.3 Å². The number of amides is 1. The normalized spacial score (nSPS) is 17.2. The summed E-state index contributed by atoms with van der Waals surface area (Å²) in [5.74, 6) is 0.216. The number of aromatic nitrogens is 8. The first kappa shape index (κ1) is 12.7. The molecule has 0 spiro atoms. The molecule has 1 aliphatic rings. The van der Waals surface area contributed by atoms with Crippen LogP contribution in [0, 0.1) is 0 Å². The third-order valence-corrected chi connectivity index (χ3v) is 3.69. The number of fused-ring (bicyclic) bond motifs is 1. The number of carbonyl (C=O) groups is 1. The van der Waals surface area contributed by atoms with Gasteiger partial charge in [-0.2, -0.15) is 10.1 Å². The lowest BCUT2D eigenvalue weighted by atomic mass is 9.94. The minimum Gasteiger partial charge on any atom is -0.346 e. The molecule has 3 aromatic heterocycles. The highest BCUT2D eigenvalue weighted by Crippen LogP contribution is 2.18. The number of hydrogen-bond donors (Lipinski definition) is 3. The smallest absolute Gasteiger partial charge is 0.288 e. The van der Waals surface area contributed by atoms with Gasteiger partial charge in [0.15, 0.2) is 0 Å². The molecule has 0 aromatic carbocycles. The second kappa shape index (κ2) is 5.06. The van der Waals surface area contributed by atoms with Crippen LogP contribution in [0.1, 0.15) is 28.3 Å². The maximum atomic E-state index is 12.2. The van der Waals surface area contributed by atoms with E-state index >= 15 is 0 Å². The molecule has 22 heavy (non-hydrogen) atoms. The predicted molar refractivity (Wildman–Crippen MR) is 73.2 cm³/mol. The van der Waals surface area contributed by atoms with Crippen molar-refractivity contribution in [3.05, 3.63) is 35.9 Å².